The maximum Gasteiger partial charge on any atom is 0.417 e. The van der Waals surface area contributed by atoms with E-state index in [4.69, 9.17) is 5.11 Å². The maximum absolute atomic E-state index is 13.0. The van der Waals surface area contributed by atoms with E-state index in [0.29, 0.717) is 5.56 Å². The first kappa shape index (κ1) is 16.0. The summed E-state index contributed by atoms with van der Waals surface area (Å²) in [6.07, 6.45) is -4.85. The third kappa shape index (κ3) is 3.62. The Morgan fingerprint density at radius 2 is 1.86 bits per heavy atom. The molecule has 0 aliphatic rings. The zero-order valence-electron chi connectivity index (χ0n) is 11.1. The van der Waals surface area contributed by atoms with Gasteiger partial charge in [-0.3, -0.25) is 4.79 Å². The van der Waals surface area contributed by atoms with Crippen LogP contribution in [0.4, 0.5) is 23.2 Å². The van der Waals surface area contributed by atoms with Crippen LogP contribution < -0.4 is 5.32 Å². The van der Waals surface area contributed by atoms with Crippen LogP contribution in [0.5, 0.6) is 0 Å². The fraction of sp³-hybridized carbons (Fsp3) is 0.133. The second-order valence-electron chi connectivity index (χ2n) is 4.50. The second-order valence-corrected chi connectivity index (χ2v) is 4.50. The number of amides is 1. The predicted octanol–water partition coefficient (Wildman–Crippen LogP) is 3.59. The molecule has 0 radical (unpaired) electrons. The van der Waals surface area contributed by atoms with E-state index in [1.807, 2.05) is 0 Å². The predicted molar refractivity (Wildman–Crippen MR) is 71.7 cm³/mol. The minimum atomic E-state index is -4.85. The van der Waals surface area contributed by atoms with Crippen molar-refractivity contribution in [2.75, 3.05) is 5.32 Å². The zero-order valence-corrected chi connectivity index (χ0v) is 11.1. The van der Waals surface area contributed by atoms with Gasteiger partial charge in [0, 0.05) is 5.69 Å². The van der Waals surface area contributed by atoms with Crippen molar-refractivity contribution in [3.05, 3.63) is 65.0 Å². The standard InChI is InChI=1S/C15H11F4NO2/c16-10-4-5-12(13(7-10)15(17,18)19)14(22)20-11-3-1-2-9(6-11)8-21/h1-7,21H,8H2,(H,20,22). The lowest BCUT2D eigenvalue weighted by Crippen LogP contribution is -2.19. The summed E-state index contributed by atoms with van der Waals surface area (Å²) in [5.41, 5.74) is -1.30. The van der Waals surface area contributed by atoms with Crippen molar-refractivity contribution >= 4 is 11.6 Å². The van der Waals surface area contributed by atoms with Crippen molar-refractivity contribution in [2.24, 2.45) is 0 Å². The average molecular weight is 313 g/mol. The van der Waals surface area contributed by atoms with Gasteiger partial charge in [0.2, 0.25) is 0 Å². The molecule has 0 fully saturated rings. The molecule has 0 atom stereocenters. The lowest BCUT2D eigenvalue weighted by molar-refractivity contribution is -0.138. The molecule has 2 aromatic rings. The number of aliphatic hydroxyl groups is 1. The third-order valence-corrected chi connectivity index (χ3v) is 2.90. The molecule has 7 heteroatoms. The summed E-state index contributed by atoms with van der Waals surface area (Å²) in [6.45, 7) is -0.270. The highest BCUT2D eigenvalue weighted by atomic mass is 19.4. The summed E-state index contributed by atoms with van der Waals surface area (Å²) < 4.78 is 51.6. The molecule has 22 heavy (non-hydrogen) atoms. The molecule has 0 bridgehead atoms. The molecule has 0 aliphatic carbocycles. The molecular weight excluding hydrogens is 302 g/mol. The number of carbonyl (C=O) groups excluding carboxylic acids is 1. The minimum Gasteiger partial charge on any atom is -0.392 e. The SMILES string of the molecule is O=C(Nc1cccc(CO)c1)c1ccc(F)cc1C(F)(F)F. The van der Waals surface area contributed by atoms with Crippen LogP contribution in [0.2, 0.25) is 0 Å². The van der Waals surface area contributed by atoms with Crippen molar-refractivity contribution in [2.45, 2.75) is 12.8 Å². The van der Waals surface area contributed by atoms with E-state index in [1.54, 1.807) is 6.07 Å². The number of aliphatic hydroxyl groups excluding tert-OH is 1. The normalized spacial score (nSPS) is 11.3. The van der Waals surface area contributed by atoms with Gasteiger partial charge in [0.25, 0.3) is 5.91 Å². The van der Waals surface area contributed by atoms with Crippen LogP contribution in [0, 0.1) is 5.82 Å². The third-order valence-electron chi connectivity index (χ3n) is 2.90. The van der Waals surface area contributed by atoms with E-state index in [9.17, 15) is 22.4 Å². The highest BCUT2D eigenvalue weighted by molar-refractivity contribution is 6.05. The first-order chi connectivity index (χ1) is 10.3. The Hall–Kier alpha value is -2.41. The van der Waals surface area contributed by atoms with Crippen molar-refractivity contribution in [3.63, 3.8) is 0 Å². The number of rotatable bonds is 3. The number of anilines is 1. The Morgan fingerprint density at radius 1 is 1.14 bits per heavy atom. The fourth-order valence-electron chi connectivity index (χ4n) is 1.89. The summed E-state index contributed by atoms with van der Waals surface area (Å²) in [6, 6.07) is 7.87. The van der Waals surface area contributed by atoms with E-state index >= 15 is 0 Å². The van der Waals surface area contributed by atoms with Gasteiger partial charge in [0.1, 0.15) is 5.82 Å². The van der Waals surface area contributed by atoms with Crippen LogP contribution in [-0.2, 0) is 12.8 Å². The van der Waals surface area contributed by atoms with Crippen molar-refractivity contribution < 1.29 is 27.5 Å². The van der Waals surface area contributed by atoms with Gasteiger partial charge in [0.05, 0.1) is 17.7 Å². The molecule has 0 saturated heterocycles. The Morgan fingerprint density at radius 3 is 2.50 bits per heavy atom. The highest BCUT2D eigenvalue weighted by Crippen LogP contribution is 2.32. The Kier molecular flexibility index (Phi) is 4.46. The maximum atomic E-state index is 13.0. The van der Waals surface area contributed by atoms with Crippen molar-refractivity contribution in [3.8, 4) is 0 Å². The summed E-state index contributed by atoms with van der Waals surface area (Å²) >= 11 is 0. The summed E-state index contributed by atoms with van der Waals surface area (Å²) in [4.78, 5) is 12.0. The van der Waals surface area contributed by atoms with Gasteiger partial charge in [-0.1, -0.05) is 12.1 Å². The van der Waals surface area contributed by atoms with Gasteiger partial charge in [-0.2, -0.15) is 13.2 Å². The topological polar surface area (TPSA) is 49.3 Å². The lowest BCUT2D eigenvalue weighted by Gasteiger charge is -2.13. The van der Waals surface area contributed by atoms with E-state index < -0.39 is 29.0 Å². The molecule has 2 rings (SSSR count). The van der Waals surface area contributed by atoms with Gasteiger partial charge in [-0.15, -0.1) is 0 Å². The van der Waals surface area contributed by atoms with E-state index in [1.165, 1.54) is 18.2 Å². The number of alkyl halides is 3. The lowest BCUT2D eigenvalue weighted by atomic mass is 10.1. The minimum absolute atomic E-state index is 0.231. The van der Waals surface area contributed by atoms with Crippen LogP contribution in [0.25, 0.3) is 0 Å². The number of hydrogen-bond acceptors (Lipinski definition) is 2. The summed E-state index contributed by atoms with van der Waals surface area (Å²) in [7, 11) is 0. The smallest absolute Gasteiger partial charge is 0.392 e. The van der Waals surface area contributed by atoms with Crippen LogP contribution in [0.15, 0.2) is 42.5 Å². The van der Waals surface area contributed by atoms with Crippen molar-refractivity contribution in [1.82, 2.24) is 0 Å². The van der Waals surface area contributed by atoms with E-state index in [0.717, 1.165) is 12.1 Å². The summed E-state index contributed by atoms with van der Waals surface area (Å²) in [5.74, 6) is -2.09. The molecule has 1 amide bonds. The van der Waals surface area contributed by atoms with Gasteiger partial charge >= 0.3 is 6.18 Å². The van der Waals surface area contributed by atoms with Crippen LogP contribution in [0.1, 0.15) is 21.5 Å². The zero-order chi connectivity index (χ0) is 16.3. The molecule has 3 nitrogen and oxygen atoms in total. The van der Waals surface area contributed by atoms with Gasteiger partial charge < -0.3 is 10.4 Å². The Balaban J connectivity index is 2.33. The molecule has 0 spiro atoms. The van der Waals surface area contributed by atoms with Crippen LogP contribution >= 0.6 is 0 Å². The first-order valence-electron chi connectivity index (χ1n) is 6.19. The molecule has 0 saturated carbocycles. The highest BCUT2D eigenvalue weighted by Gasteiger charge is 2.35. The number of nitrogens with one attached hydrogen (secondary N) is 1. The van der Waals surface area contributed by atoms with Crippen molar-refractivity contribution in [1.29, 1.82) is 0 Å². The molecule has 2 aromatic carbocycles. The number of carbonyl (C=O) groups is 1. The molecule has 0 aliphatic heterocycles. The number of halogens is 4. The van der Waals surface area contributed by atoms with E-state index in [-0.39, 0.29) is 18.4 Å². The average Bonchev–Trinajstić information content (AvgIpc) is 2.46. The summed E-state index contributed by atoms with van der Waals surface area (Å²) in [5, 5.41) is 11.3. The molecule has 0 unspecified atom stereocenters. The molecule has 0 aromatic heterocycles. The molecule has 116 valence electrons. The van der Waals surface area contributed by atoms with Crippen LogP contribution in [0.3, 0.4) is 0 Å². The second kappa shape index (κ2) is 6.15. The fourth-order valence-corrected chi connectivity index (χ4v) is 1.89. The number of benzene rings is 2. The molecule has 0 heterocycles. The van der Waals surface area contributed by atoms with E-state index in [2.05, 4.69) is 5.32 Å². The quantitative estimate of drug-likeness (QED) is 0.851. The Bertz CT molecular complexity index is 698. The monoisotopic (exact) mass is 313 g/mol. The molecule has 2 N–H and O–H groups in total. The molecular formula is C15H11F4NO2. The van der Waals surface area contributed by atoms with Crippen LogP contribution in [-0.4, -0.2) is 11.0 Å². The number of hydrogen-bond donors (Lipinski definition) is 2. The largest absolute Gasteiger partial charge is 0.417 e. The van der Waals surface area contributed by atoms with Gasteiger partial charge in [-0.25, -0.2) is 4.39 Å². The van der Waals surface area contributed by atoms with Gasteiger partial charge in [-0.05, 0) is 35.9 Å². The van der Waals surface area contributed by atoms with Gasteiger partial charge in [0.15, 0.2) is 0 Å². The Labute approximate surface area is 123 Å². The first-order valence-corrected chi connectivity index (χ1v) is 6.19.